The summed E-state index contributed by atoms with van der Waals surface area (Å²) in [6.07, 6.45) is 3.01. The molecule has 0 spiro atoms. The number of piperazine rings is 1. The van der Waals surface area contributed by atoms with E-state index in [2.05, 4.69) is 21.9 Å². The van der Waals surface area contributed by atoms with Gasteiger partial charge in [0.1, 0.15) is 0 Å². The highest BCUT2D eigenvalue weighted by atomic mass is 16.7. The Bertz CT molecular complexity index is 608. The van der Waals surface area contributed by atoms with Crippen molar-refractivity contribution in [3.63, 3.8) is 0 Å². The molecule has 6 nitrogen and oxygen atoms in total. The average molecular weight is 345 g/mol. The molecular formula is C19H27N3O3. The summed E-state index contributed by atoms with van der Waals surface area (Å²) in [5.41, 5.74) is 1.27. The Balaban J connectivity index is 1.20. The number of rotatable bonds is 5. The Labute approximate surface area is 149 Å². The summed E-state index contributed by atoms with van der Waals surface area (Å²) in [5, 5.41) is 0. The third-order valence-electron chi connectivity index (χ3n) is 5.41. The molecule has 136 valence electrons. The summed E-state index contributed by atoms with van der Waals surface area (Å²) in [7, 11) is 0. The molecule has 0 atom stereocenters. The fourth-order valence-corrected chi connectivity index (χ4v) is 3.85. The number of benzene rings is 1. The molecule has 0 bridgehead atoms. The monoisotopic (exact) mass is 345 g/mol. The number of fused-ring (bicyclic) bond motifs is 1. The minimum Gasteiger partial charge on any atom is -0.454 e. The lowest BCUT2D eigenvalue weighted by atomic mass is 10.1. The maximum Gasteiger partial charge on any atom is 0.231 e. The molecule has 2 saturated heterocycles. The first-order valence-electron chi connectivity index (χ1n) is 9.39. The van der Waals surface area contributed by atoms with Crippen molar-refractivity contribution >= 4 is 5.91 Å². The van der Waals surface area contributed by atoms with Crippen LogP contribution in [0.15, 0.2) is 18.2 Å². The molecule has 3 heterocycles. The van der Waals surface area contributed by atoms with Crippen molar-refractivity contribution < 1.29 is 14.3 Å². The molecule has 0 N–H and O–H groups in total. The first-order valence-corrected chi connectivity index (χ1v) is 9.39. The lowest BCUT2D eigenvalue weighted by Gasteiger charge is -2.34. The van der Waals surface area contributed by atoms with Crippen LogP contribution in [0.25, 0.3) is 0 Å². The van der Waals surface area contributed by atoms with Gasteiger partial charge in [-0.1, -0.05) is 6.07 Å². The van der Waals surface area contributed by atoms with Crippen LogP contribution >= 0.6 is 0 Å². The number of carbonyl (C=O) groups excluding carboxylic acids is 1. The summed E-state index contributed by atoms with van der Waals surface area (Å²) in [5.74, 6) is 2.04. The number of amides is 1. The van der Waals surface area contributed by atoms with Gasteiger partial charge in [-0.25, -0.2) is 0 Å². The van der Waals surface area contributed by atoms with Crippen LogP contribution in [0.3, 0.4) is 0 Å². The van der Waals surface area contributed by atoms with Gasteiger partial charge >= 0.3 is 0 Å². The van der Waals surface area contributed by atoms with Crippen molar-refractivity contribution in [2.75, 3.05) is 52.6 Å². The van der Waals surface area contributed by atoms with Gasteiger partial charge in [-0.2, -0.15) is 0 Å². The van der Waals surface area contributed by atoms with E-state index in [0.717, 1.165) is 63.9 Å². The predicted molar refractivity (Wildman–Crippen MR) is 94.7 cm³/mol. The van der Waals surface area contributed by atoms with Crippen molar-refractivity contribution in [3.05, 3.63) is 23.8 Å². The molecular weight excluding hydrogens is 318 g/mol. The Kier molecular flexibility index (Phi) is 5.08. The Morgan fingerprint density at radius 3 is 2.44 bits per heavy atom. The van der Waals surface area contributed by atoms with E-state index in [1.165, 1.54) is 18.4 Å². The van der Waals surface area contributed by atoms with Gasteiger partial charge in [-0.05, 0) is 30.5 Å². The van der Waals surface area contributed by atoms with Crippen LogP contribution < -0.4 is 9.47 Å². The van der Waals surface area contributed by atoms with Gasteiger partial charge in [-0.15, -0.1) is 0 Å². The Morgan fingerprint density at radius 1 is 0.920 bits per heavy atom. The quantitative estimate of drug-likeness (QED) is 0.810. The van der Waals surface area contributed by atoms with Gasteiger partial charge < -0.3 is 19.3 Å². The highest BCUT2D eigenvalue weighted by Crippen LogP contribution is 2.32. The van der Waals surface area contributed by atoms with Crippen LogP contribution in [0.2, 0.25) is 0 Å². The van der Waals surface area contributed by atoms with Crippen molar-refractivity contribution in [1.82, 2.24) is 14.7 Å². The molecule has 3 aliphatic heterocycles. The van der Waals surface area contributed by atoms with Crippen molar-refractivity contribution in [3.8, 4) is 11.5 Å². The lowest BCUT2D eigenvalue weighted by Crippen LogP contribution is -2.46. The van der Waals surface area contributed by atoms with E-state index < -0.39 is 0 Å². The Hall–Kier alpha value is -1.79. The standard InChI is InChI=1S/C19H27N3O3/c23-19(22-6-1-2-7-22)5-8-20-9-11-21(12-10-20)14-16-3-4-17-18(13-16)25-15-24-17/h3-4,13H,1-2,5-12,14-15H2. The second-order valence-electron chi connectivity index (χ2n) is 7.14. The third-order valence-corrected chi connectivity index (χ3v) is 5.41. The summed E-state index contributed by atoms with van der Waals surface area (Å²) in [4.78, 5) is 19.1. The largest absolute Gasteiger partial charge is 0.454 e. The second kappa shape index (κ2) is 7.62. The van der Waals surface area contributed by atoms with Crippen molar-refractivity contribution in [1.29, 1.82) is 0 Å². The molecule has 4 rings (SSSR count). The van der Waals surface area contributed by atoms with E-state index in [1.807, 2.05) is 11.0 Å². The fraction of sp³-hybridized carbons (Fsp3) is 0.632. The van der Waals surface area contributed by atoms with Gasteiger partial charge in [0.05, 0.1) is 0 Å². The van der Waals surface area contributed by atoms with E-state index in [0.29, 0.717) is 19.1 Å². The first kappa shape index (κ1) is 16.7. The number of likely N-dealkylation sites (tertiary alicyclic amines) is 1. The minimum atomic E-state index is 0.327. The normalized spacial score (nSPS) is 21.0. The number of hydrogen-bond donors (Lipinski definition) is 0. The summed E-state index contributed by atoms with van der Waals surface area (Å²) >= 11 is 0. The number of ether oxygens (including phenoxy) is 2. The van der Waals surface area contributed by atoms with Crippen LogP contribution in [0, 0.1) is 0 Å². The molecule has 0 radical (unpaired) electrons. The molecule has 1 aromatic rings. The summed E-state index contributed by atoms with van der Waals surface area (Å²) in [6, 6.07) is 6.20. The molecule has 25 heavy (non-hydrogen) atoms. The summed E-state index contributed by atoms with van der Waals surface area (Å²) < 4.78 is 10.8. The Morgan fingerprint density at radius 2 is 1.64 bits per heavy atom. The highest BCUT2D eigenvalue weighted by molar-refractivity contribution is 5.76. The van der Waals surface area contributed by atoms with Gasteiger partial charge in [0.25, 0.3) is 0 Å². The van der Waals surface area contributed by atoms with Crippen LogP contribution in [0.1, 0.15) is 24.8 Å². The minimum absolute atomic E-state index is 0.327. The number of hydrogen-bond acceptors (Lipinski definition) is 5. The maximum absolute atomic E-state index is 12.2. The number of nitrogens with zero attached hydrogens (tertiary/aromatic N) is 3. The molecule has 3 aliphatic rings. The molecule has 0 aromatic heterocycles. The van der Waals surface area contributed by atoms with Gasteiger partial charge in [-0.3, -0.25) is 9.69 Å². The SMILES string of the molecule is O=C(CCN1CCN(Cc2ccc3c(c2)OCO3)CC1)N1CCCC1. The van der Waals surface area contributed by atoms with Crippen LogP contribution in [-0.2, 0) is 11.3 Å². The van der Waals surface area contributed by atoms with Crippen LogP contribution in [0.4, 0.5) is 0 Å². The average Bonchev–Trinajstić information content (AvgIpc) is 3.32. The van der Waals surface area contributed by atoms with Gasteiger partial charge in [0.2, 0.25) is 12.7 Å². The second-order valence-corrected chi connectivity index (χ2v) is 7.14. The van der Waals surface area contributed by atoms with Crippen molar-refractivity contribution in [2.24, 2.45) is 0 Å². The topological polar surface area (TPSA) is 45.3 Å². The molecule has 1 amide bonds. The third kappa shape index (κ3) is 4.07. The molecule has 0 aliphatic carbocycles. The zero-order valence-electron chi connectivity index (χ0n) is 14.8. The zero-order chi connectivity index (χ0) is 17.1. The first-order chi connectivity index (χ1) is 12.3. The molecule has 6 heteroatoms. The molecule has 0 saturated carbocycles. The fourth-order valence-electron chi connectivity index (χ4n) is 3.85. The van der Waals surface area contributed by atoms with E-state index in [9.17, 15) is 4.79 Å². The van der Waals surface area contributed by atoms with Gasteiger partial charge in [0.15, 0.2) is 11.5 Å². The molecule has 0 unspecified atom stereocenters. The van der Waals surface area contributed by atoms with Crippen molar-refractivity contribution in [2.45, 2.75) is 25.8 Å². The van der Waals surface area contributed by atoms with E-state index >= 15 is 0 Å². The summed E-state index contributed by atoms with van der Waals surface area (Å²) in [6.45, 7) is 8.26. The lowest BCUT2D eigenvalue weighted by molar-refractivity contribution is -0.130. The van der Waals surface area contributed by atoms with E-state index in [4.69, 9.17) is 9.47 Å². The number of carbonyl (C=O) groups is 1. The highest BCUT2D eigenvalue weighted by Gasteiger charge is 2.21. The maximum atomic E-state index is 12.2. The van der Waals surface area contributed by atoms with Gasteiger partial charge in [0, 0.05) is 58.8 Å². The zero-order valence-corrected chi connectivity index (χ0v) is 14.8. The van der Waals surface area contributed by atoms with Crippen LogP contribution in [-0.4, -0.2) is 73.2 Å². The van der Waals surface area contributed by atoms with E-state index in [1.54, 1.807) is 0 Å². The molecule has 2 fully saturated rings. The van der Waals surface area contributed by atoms with Crippen LogP contribution in [0.5, 0.6) is 11.5 Å². The predicted octanol–water partition coefficient (Wildman–Crippen LogP) is 1.55. The molecule has 1 aromatic carbocycles. The van der Waals surface area contributed by atoms with E-state index in [-0.39, 0.29) is 0 Å². The smallest absolute Gasteiger partial charge is 0.231 e.